The maximum absolute atomic E-state index is 10.2. The van der Waals surface area contributed by atoms with Crippen LogP contribution in [0.25, 0.3) is 0 Å². The van der Waals surface area contributed by atoms with Crippen LogP contribution in [0.3, 0.4) is 0 Å². The number of hydrogen-bond donors (Lipinski definition) is 1. The highest BCUT2D eigenvalue weighted by atomic mass is 16.5. The van der Waals surface area contributed by atoms with Crippen molar-refractivity contribution in [3.63, 3.8) is 0 Å². The van der Waals surface area contributed by atoms with Gasteiger partial charge in [0.1, 0.15) is 5.76 Å². The van der Waals surface area contributed by atoms with Crippen molar-refractivity contribution < 1.29 is 19.0 Å². The van der Waals surface area contributed by atoms with Crippen molar-refractivity contribution in [1.29, 1.82) is 0 Å². The Bertz CT molecular complexity index is 505. The Balaban J connectivity index is 2.04. The summed E-state index contributed by atoms with van der Waals surface area (Å²) in [5, 5.41) is 10.2. The van der Waals surface area contributed by atoms with Crippen molar-refractivity contribution >= 4 is 0 Å². The normalized spacial score (nSPS) is 12.2. The first-order valence-electron chi connectivity index (χ1n) is 6.17. The highest BCUT2D eigenvalue weighted by molar-refractivity contribution is 5.43. The average molecular weight is 262 g/mol. The van der Waals surface area contributed by atoms with Crippen molar-refractivity contribution in [3.05, 3.63) is 47.9 Å². The van der Waals surface area contributed by atoms with Crippen molar-refractivity contribution in [2.45, 2.75) is 18.9 Å². The van der Waals surface area contributed by atoms with Gasteiger partial charge in [-0.2, -0.15) is 0 Å². The number of aliphatic hydroxyl groups is 1. The van der Waals surface area contributed by atoms with Gasteiger partial charge in [0.15, 0.2) is 11.5 Å². The first kappa shape index (κ1) is 13.5. The molecular formula is C15H18O4. The van der Waals surface area contributed by atoms with Crippen molar-refractivity contribution in [3.8, 4) is 11.5 Å². The number of ether oxygens (including phenoxy) is 2. The molecule has 0 spiro atoms. The lowest BCUT2D eigenvalue weighted by Gasteiger charge is -2.13. The number of furan rings is 1. The van der Waals surface area contributed by atoms with E-state index in [9.17, 15) is 5.11 Å². The van der Waals surface area contributed by atoms with Gasteiger partial charge in [-0.3, -0.25) is 0 Å². The summed E-state index contributed by atoms with van der Waals surface area (Å²) in [6.45, 7) is 0. The minimum absolute atomic E-state index is 0.551. The minimum Gasteiger partial charge on any atom is -0.493 e. The van der Waals surface area contributed by atoms with Gasteiger partial charge in [0.25, 0.3) is 0 Å². The Kier molecular flexibility index (Phi) is 4.47. The number of methoxy groups -OCH3 is 2. The molecule has 1 heterocycles. The van der Waals surface area contributed by atoms with E-state index in [1.54, 1.807) is 32.6 Å². The van der Waals surface area contributed by atoms with E-state index in [1.165, 1.54) is 0 Å². The Morgan fingerprint density at radius 1 is 1.16 bits per heavy atom. The summed E-state index contributed by atoms with van der Waals surface area (Å²) in [6, 6.07) is 9.18. The van der Waals surface area contributed by atoms with Crippen molar-refractivity contribution in [2.24, 2.45) is 0 Å². The molecule has 0 aliphatic heterocycles. The average Bonchev–Trinajstić information content (AvgIpc) is 2.97. The van der Waals surface area contributed by atoms with Crippen LogP contribution in [0.4, 0.5) is 0 Å². The van der Waals surface area contributed by atoms with Crippen molar-refractivity contribution in [1.82, 2.24) is 0 Å². The molecule has 1 aromatic heterocycles. The van der Waals surface area contributed by atoms with E-state index in [1.807, 2.05) is 18.2 Å². The summed E-state index contributed by atoms with van der Waals surface area (Å²) in [4.78, 5) is 0. The lowest BCUT2D eigenvalue weighted by Crippen LogP contribution is -2.00. The zero-order valence-electron chi connectivity index (χ0n) is 11.1. The fraction of sp³-hybridized carbons (Fsp3) is 0.333. The van der Waals surface area contributed by atoms with Gasteiger partial charge in [-0.1, -0.05) is 6.07 Å². The van der Waals surface area contributed by atoms with Crippen LogP contribution < -0.4 is 9.47 Å². The summed E-state index contributed by atoms with van der Waals surface area (Å²) in [7, 11) is 3.17. The highest BCUT2D eigenvalue weighted by Crippen LogP contribution is 2.31. The molecule has 2 aromatic rings. The molecular weight excluding hydrogens is 244 g/mol. The largest absolute Gasteiger partial charge is 0.493 e. The smallest absolute Gasteiger partial charge is 0.161 e. The molecule has 0 bridgehead atoms. The summed E-state index contributed by atoms with van der Waals surface area (Å²) in [6.07, 6.45) is 2.38. The van der Waals surface area contributed by atoms with Crippen LogP contribution >= 0.6 is 0 Å². The monoisotopic (exact) mass is 262 g/mol. The van der Waals surface area contributed by atoms with Crippen LogP contribution in [0.2, 0.25) is 0 Å². The molecule has 1 unspecified atom stereocenters. The molecule has 0 aliphatic rings. The molecule has 0 fully saturated rings. The van der Waals surface area contributed by atoms with Crippen molar-refractivity contribution in [2.75, 3.05) is 14.2 Å². The van der Waals surface area contributed by atoms with Gasteiger partial charge in [0, 0.05) is 6.42 Å². The third kappa shape index (κ3) is 3.29. The van der Waals surface area contributed by atoms with Gasteiger partial charge >= 0.3 is 0 Å². The second-order valence-electron chi connectivity index (χ2n) is 4.25. The van der Waals surface area contributed by atoms with Gasteiger partial charge in [0.05, 0.1) is 26.6 Å². The molecule has 0 aliphatic carbocycles. The summed E-state index contributed by atoms with van der Waals surface area (Å²) in [5.41, 5.74) is 0.809. The lowest BCUT2D eigenvalue weighted by molar-refractivity contribution is 0.165. The number of hydrogen-bond acceptors (Lipinski definition) is 4. The maximum Gasteiger partial charge on any atom is 0.161 e. The Morgan fingerprint density at radius 2 is 1.95 bits per heavy atom. The molecule has 0 radical (unpaired) electrons. The van der Waals surface area contributed by atoms with Crippen LogP contribution in [-0.2, 0) is 6.42 Å². The fourth-order valence-electron chi connectivity index (χ4n) is 1.96. The molecule has 4 heteroatoms. The second-order valence-corrected chi connectivity index (χ2v) is 4.25. The molecule has 0 saturated carbocycles. The highest BCUT2D eigenvalue weighted by Gasteiger charge is 2.12. The first-order chi connectivity index (χ1) is 9.24. The third-order valence-electron chi connectivity index (χ3n) is 3.04. The predicted octanol–water partition coefficient (Wildman–Crippen LogP) is 2.96. The van der Waals surface area contributed by atoms with E-state index in [0.29, 0.717) is 24.3 Å². The molecule has 4 nitrogen and oxygen atoms in total. The van der Waals surface area contributed by atoms with Gasteiger partial charge < -0.3 is 19.0 Å². The van der Waals surface area contributed by atoms with E-state index in [0.717, 1.165) is 11.3 Å². The zero-order chi connectivity index (χ0) is 13.7. The number of benzene rings is 1. The number of rotatable bonds is 6. The van der Waals surface area contributed by atoms with Crippen LogP contribution in [0.15, 0.2) is 41.0 Å². The van der Waals surface area contributed by atoms with E-state index in [2.05, 4.69) is 0 Å². The molecule has 0 amide bonds. The Labute approximate surface area is 112 Å². The predicted molar refractivity (Wildman–Crippen MR) is 71.5 cm³/mol. The standard InChI is InChI=1S/C15H18O4/c1-17-14-8-5-11(10-15(14)18-2)13(16)7-6-12-4-3-9-19-12/h3-5,8-10,13,16H,6-7H2,1-2H3. The molecule has 0 saturated heterocycles. The first-order valence-corrected chi connectivity index (χ1v) is 6.17. The molecule has 1 N–H and O–H groups in total. The number of aliphatic hydroxyl groups excluding tert-OH is 1. The van der Waals surface area contributed by atoms with Crippen LogP contribution in [0, 0.1) is 0 Å². The molecule has 19 heavy (non-hydrogen) atoms. The second kappa shape index (κ2) is 6.29. The van der Waals surface area contributed by atoms with Gasteiger partial charge in [0.2, 0.25) is 0 Å². The minimum atomic E-state index is -0.551. The fourth-order valence-corrected chi connectivity index (χ4v) is 1.96. The molecule has 1 atom stereocenters. The van der Waals surface area contributed by atoms with Crippen LogP contribution in [-0.4, -0.2) is 19.3 Å². The lowest BCUT2D eigenvalue weighted by atomic mass is 10.0. The van der Waals surface area contributed by atoms with Gasteiger partial charge in [-0.15, -0.1) is 0 Å². The van der Waals surface area contributed by atoms with E-state index in [4.69, 9.17) is 13.9 Å². The quantitative estimate of drug-likeness (QED) is 0.869. The molecule has 102 valence electrons. The molecule has 1 aromatic carbocycles. The SMILES string of the molecule is COc1ccc(C(O)CCc2ccco2)cc1OC. The van der Waals surface area contributed by atoms with Gasteiger partial charge in [-0.25, -0.2) is 0 Å². The topological polar surface area (TPSA) is 51.8 Å². The molecule has 2 rings (SSSR count). The summed E-state index contributed by atoms with van der Waals surface area (Å²) >= 11 is 0. The van der Waals surface area contributed by atoms with E-state index >= 15 is 0 Å². The third-order valence-corrected chi connectivity index (χ3v) is 3.04. The Hall–Kier alpha value is -1.94. The maximum atomic E-state index is 10.2. The van der Waals surface area contributed by atoms with Crippen LogP contribution in [0.5, 0.6) is 11.5 Å². The summed E-state index contributed by atoms with van der Waals surface area (Å²) in [5.74, 6) is 2.15. The zero-order valence-corrected chi connectivity index (χ0v) is 11.1. The number of aryl methyl sites for hydroxylation is 1. The van der Waals surface area contributed by atoms with Gasteiger partial charge in [-0.05, 0) is 36.2 Å². The van der Waals surface area contributed by atoms with Crippen LogP contribution in [0.1, 0.15) is 23.8 Å². The van der Waals surface area contributed by atoms with E-state index < -0.39 is 6.10 Å². The summed E-state index contributed by atoms with van der Waals surface area (Å²) < 4.78 is 15.6. The van der Waals surface area contributed by atoms with E-state index in [-0.39, 0.29) is 0 Å². The Morgan fingerprint density at radius 3 is 2.58 bits per heavy atom.